The van der Waals surface area contributed by atoms with Gasteiger partial charge in [0.05, 0.1) is 11.1 Å². The molecule has 1 aromatic heterocycles. The second-order valence-corrected chi connectivity index (χ2v) is 7.56. The van der Waals surface area contributed by atoms with E-state index in [-0.39, 0.29) is 34.4 Å². The number of carbonyl (C=O) groups excluding carboxylic acids is 3. The average Bonchev–Trinajstić information content (AvgIpc) is 3.15. The topological polar surface area (TPSA) is 70.8 Å². The van der Waals surface area contributed by atoms with Crippen molar-refractivity contribution in [3.63, 3.8) is 0 Å². The molecule has 0 atom stereocenters. The van der Waals surface area contributed by atoms with Crippen LogP contribution in [0.1, 0.15) is 48.2 Å². The van der Waals surface area contributed by atoms with Crippen LogP contribution in [0.5, 0.6) is 0 Å². The van der Waals surface area contributed by atoms with Gasteiger partial charge in [-0.3, -0.25) is 14.4 Å². The van der Waals surface area contributed by atoms with Gasteiger partial charge in [0.2, 0.25) is 5.78 Å². The van der Waals surface area contributed by atoms with Gasteiger partial charge in [-0.25, -0.2) is 0 Å². The Kier molecular flexibility index (Phi) is 4.28. The molecule has 2 aliphatic rings. The van der Waals surface area contributed by atoms with Crippen molar-refractivity contribution in [2.24, 2.45) is 0 Å². The van der Waals surface area contributed by atoms with Crippen molar-refractivity contribution in [1.29, 1.82) is 0 Å². The van der Waals surface area contributed by atoms with Crippen molar-refractivity contribution in [3.05, 3.63) is 88.4 Å². The van der Waals surface area contributed by atoms with Gasteiger partial charge in [-0.05, 0) is 19.1 Å². The van der Waals surface area contributed by atoms with E-state index in [9.17, 15) is 14.4 Å². The molecule has 1 fully saturated rings. The third-order valence-corrected chi connectivity index (χ3v) is 5.84. The Morgan fingerprint density at radius 1 is 0.833 bits per heavy atom. The summed E-state index contributed by atoms with van der Waals surface area (Å²) in [7, 11) is 0. The zero-order valence-corrected chi connectivity index (χ0v) is 16.6. The van der Waals surface area contributed by atoms with Crippen molar-refractivity contribution in [2.45, 2.75) is 6.92 Å². The van der Waals surface area contributed by atoms with Gasteiger partial charge in [-0.15, -0.1) is 0 Å². The molecule has 6 nitrogen and oxygen atoms in total. The first-order valence-electron chi connectivity index (χ1n) is 9.97. The molecule has 0 spiro atoms. The predicted octanol–water partition coefficient (Wildman–Crippen LogP) is 3.33. The minimum absolute atomic E-state index is 0.0255. The first-order chi connectivity index (χ1) is 14.6. The second kappa shape index (κ2) is 6.99. The molecule has 1 amide bonds. The fourth-order valence-corrected chi connectivity index (χ4v) is 4.28. The molecular formula is C24H20N2O4. The maximum Gasteiger partial charge on any atom is 0.258 e. The summed E-state index contributed by atoms with van der Waals surface area (Å²) in [5.74, 6) is -0.655. The molecule has 0 radical (unpaired) electrons. The molecule has 6 heteroatoms. The number of aryl methyl sites for hydroxylation is 1. The van der Waals surface area contributed by atoms with Gasteiger partial charge in [0.15, 0.2) is 11.5 Å². The Bertz CT molecular complexity index is 1170. The molecule has 0 unspecified atom stereocenters. The molecule has 1 aliphatic carbocycles. The van der Waals surface area contributed by atoms with E-state index in [1.54, 1.807) is 36.1 Å². The number of anilines is 1. The summed E-state index contributed by atoms with van der Waals surface area (Å²) in [6, 6.07) is 16.7. The number of piperazine rings is 1. The van der Waals surface area contributed by atoms with Crippen molar-refractivity contribution >= 4 is 23.2 Å². The molecular weight excluding hydrogens is 380 g/mol. The van der Waals surface area contributed by atoms with E-state index in [4.69, 9.17) is 4.42 Å². The minimum atomic E-state index is -0.351. The fraction of sp³-hybridized carbons (Fsp3) is 0.208. The van der Waals surface area contributed by atoms with Gasteiger partial charge in [-0.2, -0.15) is 0 Å². The highest BCUT2D eigenvalue weighted by Gasteiger charge is 2.39. The number of rotatable bonds is 2. The largest absolute Gasteiger partial charge is 0.456 e. The van der Waals surface area contributed by atoms with Crippen LogP contribution in [0.4, 0.5) is 5.69 Å². The van der Waals surface area contributed by atoms with Crippen LogP contribution in [-0.4, -0.2) is 48.6 Å². The number of ketones is 2. The summed E-state index contributed by atoms with van der Waals surface area (Å²) in [6.07, 6.45) is 0. The Morgan fingerprint density at radius 2 is 1.43 bits per heavy atom. The van der Waals surface area contributed by atoms with Crippen molar-refractivity contribution in [2.75, 3.05) is 31.1 Å². The van der Waals surface area contributed by atoms with Gasteiger partial charge in [0.1, 0.15) is 5.76 Å². The van der Waals surface area contributed by atoms with Gasteiger partial charge < -0.3 is 14.2 Å². The normalized spacial score (nSPS) is 15.8. The van der Waals surface area contributed by atoms with Crippen LogP contribution in [0, 0.1) is 6.92 Å². The maximum absolute atomic E-state index is 13.3. The summed E-state index contributed by atoms with van der Waals surface area (Å²) >= 11 is 0. The molecule has 0 saturated carbocycles. The van der Waals surface area contributed by atoms with E-state index < -0.39 is 0 Å². The van der Waals surface area contributed by atoms with Crippen molar-refractivity contribution in [1.82, 2.24) is 4.90 Å². The van der Waals surface area contributed by atoms with Crippen LogP contribution in [-0.2, 0) is 0 Å². The number of hydrogen-bond donors (Lipinski definition) is 0. The lowest BCUT2D eigenvalue weighted by atomic mass is 9.86. The molecule has 3 aromatic rings. The van der Waals surface area contributed by atoms with Crippen molar-refractivity contribution < 1.29 is 18.8 Å². The average molecular weight is 400 g/mol. The molecule has 0 N–H and O–H groups in total. The molecule has 2 heterocycles. The highest BCUT2D eigenvalue weighted by atomic mass is 16.4. The van der Waals surface area contributed by atoms with E-state index >= 15 is 0 Å². The highest BCUT2D eigenvalue weighted by Crippen LogP contribution is 2.34. The summed E-state index contributed by atoms with van der Waals surface area (Å²) in [6.45, 7) is 4.10. The number of hydrogen-bond acceptors (Lipinski definition) is 5. The zero-order valence-electron chi connectivity index (χ0n) is 16.6. The standard InChI is InChI=1S/C24H20N2O4/c1-15-19(20-21(27)17-9-5-6-10-18(17)22(28)23(20)30-15)24(29)26-13-11-25(12-14-26)16-7-3-2-4-8-16/h2-10H,11-14H2,1H3. The van der Waals surface area contributed by atoms with E-state index in [1.807, 2.05) is 18.2 Å². The van der Waals surface area contributed by atoms with E-state index in [2.05, 4.69) is 17.0 Å². The van der Waals surface area contributed by atoms with Crippen molar-refractivity contribution in [3.8, 4) is 0 Å². The van der Waals surface area contributed by atoms with E-state index in [1.165, 1.54) is 0 Å². The number of furan rings is 1. The number of benzene rings is 2. The lowest BCUT2D eigenvalue weighted by Gasteiger charge is -2.36. The molecule has 150 valence electrons. The molecule has 0 bridgehead atoms. The number of nitrogens with zero attached hydrogens (tertiary/aromatic N) is 2. The molecule has 30 heavy (non-hydrogen) atoms. The highest BCUT2D eigenvalue weighted by molar-refractivity contribution is 6.30. The zero-order chi connectivity index (χ0) is 20.8. The second-order valence-electron chi connectivity index (χ2n) is 7.56. The summed E-state index contributed by atoms with van der Waals surface area (Å²) in [5.41, 5.74) is 2.08. The molecule has 5 rings (SSSR count). The van der Waals surface area contributed by atoms with Gasteiger partial charge in [-0.1, -0.05) is 42.5 Å². The SMILES string of the molecule is Cc1oc2c(c1C(=O)N1CCN(c3ccccc3)CC1)C(=O)c1ccccc1C2=O. The Labute approximate surface area is 173 Å². The maximum atomic E-state index is 13.3. The van der Waals surface area contributed by atoms with Gasteiger partial charge in [0, 0.05) is 43.0 Å². The quantitative estimate of drug-likeness (QED) is 0.516. The Balaban J connectivity index is 1.44. The summed E-state index contributed by atoms with van der Waals surface area (Å²) in [5, 5.41) is 0. The van der Waals surface area contributed by atoms with Crippen LogP contribution >= 0.6 is 0 Å². The third kappa shape index (κ3) is 2.76. The van der Waals surface area contributed by atoms with Crippen LogP contribution in [0.25, 0.3) is 0 Å². The lowest BCUT2D eigenvalue weighted by molar-refractivity contribution is 0.0741. The third-order valence-electron chi connectivity index (χ3n) is 5.84. The Hall–Kier alpha value is -3.67. The first kappa shape index (κ1) is 18.4. The van der Waals surface area contributed by atoms with E-state index in [0.29, 0.717) is 43.1 Å². The number of para-hydroxylation sites is 1. The van der Waals surface area contributed by atoms with Crippen LogP contribution in [0.15, 0.2) is 59.0 Å². The van der Waals surface area contributed by atoms with Gasteiger partial charge in [0.25, 0.3) is 5.91 Å². The smallest absolute Gasteiger partial charge is 0.258 e. The number of fused-ring (bicyclic) bond motifs is 2. The predicted molar refractivity (Wildman–Crippen MR) is 111 cm³/mol. The summed E-state index contributed by atoms with van der Waals surface area (Å²) < 4.78 is 5.65. The van der Waals surface area contributed by atoms with E-state index in [0.717, 1.165) is 5.69 Å². The Morgan fingerprint density at radius 3 is 2.10 bits per heavy atom. The lowest BCUT2D eigenvalue weighted by Crippen LogP contribution is -2.49. The van der Waals surface area contributed by atoms with Crippen LogP contribution in [0.3, 0.4) is 0 Å². The first-order valence-corrected chi connectivity index (χ1v) is 9.97. The molecule has 1 saturated heterocycles. The number of carbonyl (C=O) groups is 3. The van der Waals surface area contributed by atoms with Gasteiger partial charge >= 0.3 is 0 Å². The molecule has 2 aromatic carbocycles. The van der Waals surface area contributed by atoms with Crippen LogP contribution in [0.2, 0.25) is 0 Å². The summed E-state index contributed by atoms with van der Waals surface area (Å²) in [4.78, 5) is 43.3. The van der Waals surface area contributed by atoms with Crippen LogP contribution < -0.4 is 4.90 Å². The monoisotopic (exact) mass is 400 g/mol. The fourth-order valence-electron chi connectivity index (χ4n) is 4.28. The number of amides is 1. The molecule has 1 aliphatic heterocycles. The minimum Gasteiger partial charge on any atom is -0.456 e.